The molecule has 0 saturated heterocycles. The first-order chi connectivity index (χ1) is 9.72. The zero-order valence-electron chi connectivity index (χ0n) is 10.5. The van der Waals surface area contributed by atoms with Gasteiger partial charge in [-0.25, -0.2) is 0 Å². The van der Waals surface area contributed by atoms with Crippen molar-refractivity contribution in [3.8, 4) is 5.75 Å². The molecular weight excluding hydrogens is 270 g/mol. The molecule has 1 N–H and O–H groups in total. The molecule has 0 bridgehead atoms. The lowest BCUT2D eigenvalue weighted by molar-refractivity contribution is 0.0996. The second-order valence-electron chi connectivity index (χ2n) is 4.88. The van der Waals surface area contributed by atoms with Crippen LogP contribution < -0.4 is 4.90 Å². The Morgan fingerprint density at radius 2 is 2.00 bits per heavy atom. The molecular formula is C16H11NO2S. The molecule has 3 aromatic rings. The molecule has 0 atom stereocenters. The van der Waals surface area contributed by atoms with Crippen LogP contribution in [0.25, 0.3) is 10.1 Å². The van der Waals surface area contributed by atoms with Gasteiger partial charge in [-0.15, -0.1) is 11.3 Å². The van der Waals surface area contributed by atoms with Gasteiger partial charge in [0.2, 0.25) is 0 Å². The molecule has 0 fully saturated rings. The van der Waals surface area contributed by atoms with Crippen LogP contribution in [0.4, 0.5) is 5.69 Å². The molecule has 1 aliphatic rings. The van der Waals surface area contributed by atoms with E-state index in [9.17, 15) is 9.90 Å². The van der Waals surface area contributed by atoms with E-state index in [0.717, 1.165) is 16.6 Å². The smallest absolute Gasteiger partial charge is 0.259 e. The molecule has 0 radical (unpaired) electrons. The Morgan fingerprint density at radius 1 is 1.10 bits per heavy atom. The first-order valence-electron chi connectivity index (χ1n) is 6.33. The van der Waals surface area contributed by atoms with Crippen LogP contribution in [0.15, 0.2) is 47.8 Å². The number of hydrogen-bond donors (Lipinski definition) is 1. The highest BCUT2D eigenvalue weighted by Gasteiger charge is 2.28. The van der Waals surface area contributed by atoms with E-state index in [1.165, 1.54) is 4.70 Å². The number of carbonyl (C=O) groups excluding carboxylic acids is 1. The maximum atomic E-state index is 12.4. The highest BCUT2D eigenvalue weighted by molar-refractivity contribution is 7.17. The lowest BCUT2D eigenvalue weighted by Gasteiger charge is -2.15. The van der Waals surface area contributed by atoms with Crippen LogP contribution in [0.5, 0.6) is 5.75 Å². The van der Waals surface area contributed by atoms with Crippen molar-refractivity contribution < 1.29 is 9.90 Å². The molecule has 4 rings (SSSR count). The average Bonchev–Trinajstić information content (AvgIpc) is 3.03. The summed E-state index contributed by atoms with van der Waals surface area (Å²) >= 11 is 1.69. The largest absolute Gasteiger partial charge is 0.508 e. The number of fused-ring (bicyclic) bond motifs is 2. The van der Waals surface area contributed by atoms with Crippen LogP contribution in [0.1, 0.15) is 15.9 Å². The predicted octanol–water partition coefficient (Wildman–Crippen LogP) is 3.77. The third-order valence-electron chi connectivity index (χ3n) is 3.65. The quantitative estimate of drug-likeness (QED) is 0.737. The van der Waals surface area contributed by atoms with Crippen molar-refractivity contribution in [2.75, 3.05) is 4.90 Å². The van der Waals surface area contributed by atoms with Gasteiger partial charge in [0, 0.05) is 16.0 Å². The summed E-state index contributed by atoms with van der Waals surface area (Å²) in [6.45, 7) is 0.560. The first-order valence-corrected chi connectivity index (χ1v) is 7.21. The normalized spacial score (nSPS) is 14.0. The standard InChI is InChI=1S/C16H11NO2S/c18-13-3-1-11-9-17(16(19)14(11)8-13)12-2-4-15-10(7-12)5-6-20-15/h1-8,18H,9H2. The summed E-state index contributed by atoms with van der Waals surface area (Å²) in [6, 6.07) is 13.1. The second kappa shape index (κ2) is 4.08. The van der Waals surface area contributed by atoms with Crippen LogP contribution >= 0.6 is 11.3 Å². The summed E-state index contributed by atoms with van der Waals surface area (Å²) in [6.07, 6.45) is 0. The second-order valence-corrected chi connectivity index (χ2v) is 5.82. The number of hydrogen-bond acceptors (Lipinski definition) is 3. The van der Waals surface area contributed by atoms with Crippen molar-refractivity contribution in [3.05, 3.63) is 59.0 Å². The van der Waals surface area contributed by atoms with Gasteiger partial charge in [0.05, 0.1) is 6.54 Å². The van der Waals surface area contributed by atoms with Gasteiger partial charge in [-0.2, -0.15) is 0 Å². The zero-order valence-corrected chi connectivity index (χ0v) is 11.4. The minimum atomic E-state index is -0.0505. The third-order valence-corrected chi connectivity index (χ3v) is 4.54. The van der Waals surface area contributed by atoms with Gasteiger partial charge in [-0.05, 0) is 52.7 Å². The van der Waals surface area contributed by atoms with E-state index in [-0.39, 0.29) is 11.7 Å². The Morgan fingerprint density at radius 3 is 2.90 bits per heavy atom. The lowest BCUT2D eigenvalue weighted by Crippen LogP contribution is -2.22. The number of carbonyl (C=O) groups is 1. The number of amides is 1. The monoisotopic (exact) mass is 281 g/mol. The number of phenolic OH excluding ortho intramolecular Hbond substituents is 1. The van der Waals surface area contributed by atoms with E-state index in [1.807, 2.05) is 29.6 Å². The van der Waals surface area contributed by atoms with E-state index >= 15 is 0 Å². The number of thiophene rings is 1. The topological polar surface area (TPSA) is 40.5 Å². The van der Waals surface area contributed by atoms with Gasteiger partial charge in [-0.3, -0.25) is 4.79 Å². The Hall–Kier alpha value is -2.33. The van der Waals surface area contributed by atoms with Gasteiger partial charge in [0.15, 0.2) is 0 Å². The number of rotatable bonds is 1. The Labute approximate surface area is 119 Å². The van der Waals surface area contributed by atoms with Crippen LogP contribution in [-0.4, -0.2) is 11.0 Å². The van der Waals surface area contributed by atoms with Crippen molar-refractivity contribution in [1.29, 1.82) is 0 Å². The van der Waals surface area contributed by atoms with E-state index in [0.29, 0.717) is 12.1 Å². The fourth-order valence-corrected chi connectivity index (χ4v) is 3.39. The van der Waals surface area contributed by atoms with Gasteiger partial charge in [0.25, 0.3) is 5.91 Å². The zero-order chi connectivity index (χ0) is 13.7. The third kappa shape index (κ3) is 1.62. The fraction of sp³-hybridized carbons (Fsp3) is 0.0625. The molecule has 0 aliphatic carbocycles. The molecule has 1 aromatic heterocycles. The first kappa shape index (κ1) is 11.5. The molecule has 4 heteroatoms. The summed E-state index contributed by atoms with van der Waals surface area (Å²) in [7, 11) is 0. The maximum absolute atomic E-state index is 12.4. The molecule has 1 amide bonds. The number of benzene rings is 2. The van der Waals surface area contributed by atoms with Crippen LogP contribution in [0.3, 0.4) is 0 Å². The molecule has 1 aliphatic heterocycles. The van der Waals surface area contributed by atoms with Gasteiger partial charge < -0.3 is 10.0 Å². The Balaban J connectivity index is 1.79. The molecule has 0 unspecified atom stereocenters. The fourth-order valence-electron chi connectivity index (χ4n) is 2.62. The van der Waals surface area contributed by atoms with E-state index < -0.39 is 0 Å². The maximum Gasteiger partial charge on any atom is 0.259 e. The summed E-state index contributed by atoms with van der Waals surface area (Å²) in [4.78, 5) is 14.2. The van der Waals surface area contributed by atoms with Gasteiger partial charge >= 0.3 is 0 Å². The van der Waals surface area contributed by atoms with Crippen LogP contribution in [-0.2, 0) is 6.54 Å². The van der Waals surface area contributed by atoms with Crippen molar-refractivity contribution in [2.45, 2.75) is 6.54 Å². The SMILES string of the molecule is O=C1c2cc(O)ccc2CN1c1ccc2sccc2c1. The molecule has 0 saturated carbocycles. The molecule has 2 aromatic carbocycles. The van der Waals surface area contributed by atoms with Gasteiger partial charge in [0.1, 0.15) is 5.75 Å². The van der Waals surface area contributed by atoms with Crippen LogP contribution in [0, 0.1) is 0 Å². The summed E-state index contributed by atoms with van der Waals surface area (Å²) in [5, 5.41) is 12.7. The van der Waals surface area contributed by atoms with E-state index in [1.54, 1.807) is 28.4 Å². The Kier molecular flexibility index (Phi) is 2.35. The summed E-state index contributed by atoms with van der Waals surface area (Å²) in [5.41, 5.74) is 2.45. The van der Waals surface area contributed by atoms with Crippen molar-refractivity contribution in [3.63, 3.8) is 0 Å². The molecule has 2 heterocycles. The molecule has 3 nitrogen and oxygen atoms in total. The molecule has 20 heavy (non-hydrogen) atoms. The van der Waals surface area contributed by atoms with Crippen molar-refractivity contribution >= 4 is 33.0 Å². The lowest BCUT2D eigenvalue weighted by atomic mass is 10.1. The minimum absolute atomic E-state index is 0.0505. The van der Waals surface area contributed by atoms with Crippen molar-refractivity contribution in [1.82, 2.24) is 0 Å². The number of anilines is 1. The minimum Gasteiger partial charge on any atom is -0.508 e. The predicted molar refractivity (Wildman–Crippen MR) is 80.4 cm³/mol. The highest BCUT2D eigenvalue weighted by Crippen LogP contribution is 2.33. The van der Waals surface area contributed by atoms with E-state index in [4.69, 9.17) is 0 Å². The van der Waals surface area contributed by atoms with Crippen molar-refractivity contribution in [2.24, 2.45) is 0 Å². The van der Waals surface area contributed by atoms with E-state index in [2.05, 4.69) is 6.07 Å². The number of nitrogens with zero attached hydrogens (tertiary/aromatic N) is 1. The van der Waals surface area contributed by atoms with Crippen LogP contribution in [0.2, 0.25) is 0 Å². The summed E-state index contributed by atoms with van der Waals surface area (Å²) in [5.74, 6) is 0.0812. The summed E-state index contributed by atoms with van der Waals surface area (Å²) < 4.78 is 1.22. The number of phenols is 1. The van der Waals surface area contributed by atoms with Gasteiger partial charge in [-0.1, -0.05) is 6.07 Å². The molecule has 98 valence electrons. The Bertz CT molecular complexity index is 837. The molecule has 0 spiro atoms. The highest BCUT2D eigenvalue weighted by atomic mass is 32.1. The average molecular weight is 281 g/mol. The number of aromatic hydroxyl groups is 1.